The Morgan fingerprint density at radius 2 is 1.91 bits per heavy atom. The van der Waals surface area contributed by atoms with Crippen LogP contribution in [-0.4, -0.2) is 63.4 Å². The highest BCUT2D eigenvalue weighted by Crippen LogP contribution is 2.38. The lowest BCUT2D eigenvalue weighted by Crippen LogP contribution is -2.40. The van der Waals surface area contributed by atoms with Crippen molar-refractivity contribution in [2.75, 3.05) is 19.6 Å². The summed E-state index contributed by atoms with van der Waals surface area (Å²) >= 11 is 0. The molecule has 1 aliphatic carbocycles. The third kappa shape index (κ3) is 4.55. The third-order valence-corrected chi connectivity index (χ3v) is 6.46. The first kappa shape index (κ1) is 22.5. The number of alkyl halides is 3. The topological polar surface area (TPSA) is 75.6 Å². The number of carbonyl (C=O) groups is 2. The van der Waals surface area contributed by atoms with E-state index in [9.17, 15) is 27.2 Å². The standard InChI is InChI=1S/C23H22F4N4O3/c24-18-4-3-14(7-17(18)23(25,26)27)22(33)30-6-5-21(32)31-12-16(8-15(31)11-30)34-20-10-28-19(9-29-20)13-1-2-13/h3-4,7,9-10,13,15-16H,1-2,5-6,8,11-12H2. The molecule has 1 aromatic heterocycles. The van der Waals surface area contributed by atoms with Crippen LogP contribution in [0.4, 0.5) is 17.6 Å². The van der Waals surface area contributed by atoms with Gasteiger partial charge in [0.05, 0.1) is 36.2 Å². The molecule has 3 fully saturated rings. The van der Waals surface area contributed by atoms with Gasteiger partial charge in [-0.2, -0.15) is 13.2 Å². The molecule has 2 aliphatic heterocycles. The highest BCUT2D eigenvalue weighted by molar-refractivity contribution is 5.95. The Morgan fingerprint density at radius 3 is 2.59 bits per heavy atom. The number of hydrogen-bond acceptors (Lipinski definition) is 5. The molecule has 2 saturated heterocycles. The monoisotopic (exact) mass is 478 g/mol. The lowest BCUT2D eigenvalue weighted by Gasteiger charge is -2.25. The largest absolute Gasteiger partial charge is 0.471 e. The summed E-state index contributed by atoms with van der Waals surface area (Å²) in [6.07, 6.45) is 0.721. The number of fused-ring (bicyclic) bond motifs is 1. The van der Waals surface area contributed by atoms with Gasteiger partial charge in [0.2, 0.25) is 11.8 Å². The summed E-state index contributed by atoms with van der Waals surface area (Å²) < 4.78 is 58.8. The number of rotatable bonds is 4. The first-order valence-electron chi connectivity index (χ1n) is 11.1. The number of carbonyl (C=O) groups excluding carboxylic acids is 2. The number of aromatic nitrogens is 2. The average Bonchev–Trinajstić information content (AvgIpc) is 3.59. The van der Waals surface area contributed by atoms with Crippen molar-refractivity contribution in [2.24, 2.45) is 0 Å². The fraction of sp³-hybridized carbons (Fsp3) is 0.478. The van der Waals surface area contributed by atoms with Crippen LogP contribution in [0.3, 0.4) is 0 Å². The van der Waals surface area contributed by atoms with E-state index >= 15 is 0 Å². The van der Waals surface area contributed by atoms with Gasteiger partial charge >= 0.3 is 6.18 Å². The molecule has 11 heteroatoms. The van der Waals surface area contributed by atoms with Crippen LogP contribution in [0.1, 0.15) is 53.2 Å². The molecular formula is C23H22F4N4O3. The van der Waals surface area contributed by atoms with Gasteiger partial charge in [0.25, 0.3) is 5.91 Å². The number of amides is 2. The Hall–Kier alpha value is -3.24. The van der Waals surface area contributed by atoms with Crippen molar-refractivity contribution in [1.29, 1.82) is 0 Å². The SMILES string of the molecule is O=C(c1ccc(F)c(C(F)(F)F)c1)N1CCC(=O)N2CC(Oc3cnc(C4CC4)cn3)CC2C1. The normalized spacial score (nSPS) is 23.0. The van der Waals surface area contributed by atoms with E-state index in [0.717, 1.165) is 24.6 Å². The number of benzene rings is 1. The number of nitrogens with zero attached hydrogens (tertiary/aromatic N) is 4. The molecular weight excluding hydrogens is 456 g/mol. The molecule has 0 spiro atoms. The Balaban J connectivity index is 1.28. The van der Waals surface area contributed by atoms with Crippen molar-refractivity contribution < 1.29 is 31.9 Å². The van der Waals surface area contributed by atoms with Crippen LogP contribution in [0.2, 0.25) is 0 Å². The Labute approximate surface area is 192 Å². The minimum atomic E-state index is -4.91. The maximum absolute atomic E-state index is 13.6. The van der Waals surface area contributed by atoms with E-state index in [1.165, 1.54) is 4.90 Å². The van der Waals surface area contributed by atoms with Crippen molar-refractivity contribution in [3.05, 3.63) is 53.2 Å². The predicted molar refractivity (Wildman–Crippen MR) is 110 cm³/mol. The molecule has 2 atom stereocenters. The molecule has 34 heavy (non-hydrogen) atoms. The van der Waals surface area contributed by atoms with Crippen molar-refractivity contribution >= 4 is 11.8 Å². The van der Waals surface area contributed by atoms with Crippen LogP contribution < -0.4 is 4.74 Å². The van der Waals surface area contributed by atoms with Crippen LogP contribution in [0.5, 0.6) is 5.88 Å². The second-order valence-corrected chi connectivity index (χ2v) is 8.92. The van der Waals surface area contributed by atoms with E-state index < -0.39 is 23.5 Å². The van der Waals surface area contributed by atoms with E-state index in [4.69, 9.17) is 4.74 Å². The Bertz CT molecular complexity index is 1100. The molecule has 1 aromatic carbocycles. The third-order valence-electron chi connectivity index (χ3n) is 6.46. The van der Waals surface area contributed by atoms with Gasteiger partial charge in [-0.05, 0) is 31.0 Å². The molecule has 2 aromatic rings. The van der Waals surface area contributed by atoms with Gasteiger partial charge in [-0.1, -0.05) is 0 Å². The molecule has 2 unspecified atom stereocenters. The summed E-state index contributed by atoms with van der Waals surface area (Å²) in [6.45, 7) is 0.546. The van der Waals surface area contributed by atoms with E-state index in [1.807, 2.05) is 0 Å². The molecule has 5 rings (SSSR count). The summed E-state index contributed by atoms with van der Waals surface area (Å²) in [4.78, 5) is 37.3. The van der Waals surface area contributed by atoms with Crippen molar-refractivity contribution in [3.8, 4) is 5.88 Å². The maximum atomic E-state index is 13.6. The number of halogens is 4. The van der Waals surface area contributed by atoms with Crippen LogP contribution in [0.25, 0.3) is 0 Å². The highest BCUT2D eigenvalue weighted by Gasteiger charge is 2.41. The smallest absolute Gasteiger partial charge is 0.419 e. The quantitative estimate of drug-likeness (QED) is 0.630. The Kier molecular flexibility index (Phi) is 5.65. The molecule has 0 bridgehead atoms. The van der Waals surface area contributed by atoms with E-state index in [-0.39, 0.29) is 43.1 Å². The highest BCUT2D eigenvalue weighted by atomic mass is 19.4. The zero-order valence-electron chi connectivity index (χ0n) is 18.1. The summed E-state index contributed by atoms with van der Waals surface area (Å²) in [5, 5.41) is 0. The van der Waals surface area contributed by atoms with Gasteiger partial charge in [0, 0.05) is 37.4 Å². The second-order valence-electron chi connectivity index (χ2n) is 8.92. The van der Waals surface area contributed by atoms with Gasteiger partial charge in [0.15, 0.2) is 0 Å². The molecule has 2 amide bonds. The number of ether oxygens (including phenoxy) is 1. The van der Waals surface area contributed by atoms with E-state index in [1.54, 1.807) is 17.3 Å². The first-order chi connectivity index (χ1) is 16.2. The van der Waals surface area contributed by atoms with Gasteiger partial charge in [-0.15, -0.1) is 0 Å². The summed E-state index contributed by atoms with van der Waals surface area (Å²) in [6, 6.07) is 1.85. The first-order valence-corrected chi connectivity index (χ1v) is 11.1. The molecule has 3 aliphatic rings. The van der Waals surface area contributed by atoms with Crippen LogP contribution in [0.15, 0.2) is 30.6 Å². The maximum Gasteiger partial charge on any atom is 0.419 e. The minimum Gasteiger partial charge on any atom is -0.471 e. The minimum absolute atomic E-state index is 0.0399. The fourth-order valence-corrected chi connectivity index (χ4v) is 4.55. The molecule has 0 N–H and O–H groups in total. The van der Waals surface area contributed by atoms with Crippen molar-refractivity contribution in [1.82, 2.24) is 19.8 Å². The fourth-order valence-electron chi connectivity index (χ4n) is 4.55. The summed E-state index contributed by atoms with van der Waals surface area (Å²) in [5.41, 5.74) is -0.827. The molecule has 7 nitrogen and oxygen atoms in total. The van der Waals surface area contributed by atoms with Crippen LogP contribution >= 0.6 is 0 Å². The molecule has 180 valence electrons. The summed E-state index contributed by atoms with van der Waals surface area (Å²) in [5.74, 6) is -1.44. The van der Waals surface area contributed by atoms with Gasteiger partial charge in [0.1, 0.15) is 11.9 Å². The van der Waals surface area contributed by atoms with Crippen molar-refractivity contribution in [3.63, 3.8) is 0 Å². The average molecular weight is 478 g/mol. The predicted octanol–water partition coefficient (Wildman–Crippen LogP) is 3.41. The zero-order chi connectivity index (χ0) is 24.0. The zero-order valence-corrected chi connectivity index (χ0v) is 18.1. The van der Waals surface area contributed by atoms with E-state index in [2.05, 4.69) is 9.97 Å². The second kappa shape index (κ2) is 8.52. The lowest BCUT2D eigenvalue weighted by molar-refractivity contribution is -0.140. The molecule has 1 saturated carbocycles. The summed E-state index contributed by atoms with van der Waals surface area (Å²) in [7, 11) is 0. The number of hydrogen-bond donors (Lipinski definition) is 0. The van der Waals surface area contributed by atoms with Gasteiger partial charge in [-0.3, -0.25) is 14.6 Å². The lowest BCUT2D eigenvalue weighted by atomic mass is 10.1. The van der Waals surface area contributed by atoms with Gasteiger partial charge in [-0.25, -0.2) is 9.37 Å². The Morgan fingerprint density at radius 1 is 1.12 bits per heavy atom. The van der Waals surface area contributed by atoms with Crippen molar-refractivity contribution in [2.45, 2.75) is 49.9 Å². The van der Waals surface area contributed by atoms with Crippen LogP contribution in [0, 0.1) is 5.82 Å². The van der Waals surface area contributed by atoms with Crippen LogP contribution in [-0.2, 0) is 11.0 Å². The molecule has 3 heterocycles. The van der Waals surface area contributed by atoms with Gasteiger partial charge < -0.3 is 14.5 Å². The molecule has 0 radical (unpaired) electrons. The van der Waals surface area contributed by atoms with E-state index in [0.29, 0.717) is 36.9 Å².